The lowest BCUT2D eigenvalue weighted by molar-refractivity contribution is 0.395. The zero-order valence-electron chi connectivity index (χ0n) is 17.1. The highest BCUT2D eigenvalue weighted by Gasteiger charge is 2.24. The maximum atomic E-state index is 13.3. The van der Waals surface area contributed by atoms with Crippen molar-refractivity contribution in [2.45, 2.75) is 10.8 Å². The number of fused-ring (bicyclic) bond motifs is 1. The fourth-order valence-electron chi connectivity index (χ4n) is 3.16. The molecule has 0 amide bonds. The van der Waals surface area contributed by atoms with E-state index in [1.807, 2.05) is 12.1 Å². The molecule has 0 saturated carbocycles. The minimum atomic E-state index is -3.79. The summed E-state index contributed by atoms with van der Waals surface area (Å²) in [5, 5.41) is 2.98. The smallest absolute Gasteiger partial charge is 0.203 e. The molecule has 7 nitrogen and oxygen atoms in total. The Hall–Kier alpha value is -3.65. The van der Waals surface area contributed by atoms with E-state index in [0.717, 1.165) is 0 Å². The van der Waals surface area contributed by atoms with Crippen molar-refractivity contribution in [1.29, 1.82) is 0 Å². The highest BCUT2D eigenvalue weighted by molar-refractivity contribution is 7.90. The Morgan fingerprint density at radius 2 is 1.39 bits per heavy atom. The molecule has 1 N–H and O–H groups in total. The van der Waals surface area contributed by atoms with E-state index in [-0.39, 0.29) is 16.6 Å². The van der Waals surface area contributed by atoms with Crippen LogP contribution < -0.4 is 14.8 Å². The maximum Gasteiger partial charge on any atom is 0.203 e. The molecule has 31 heavy (non-hydrogen) atoms. The van der Waals surface area contributed by atoms with Gasteiger partial charge in [0, 0.05) is 23.9 Å². The summed E-state index contributed by atoms with van der Waals surface area (Å²) >= 11 is 0. The Morgan fingerprint density at radius 1 is 0.806 bits per heavy atom. The van der Waals surface area contributed by atoms with Crippen LogP contribution in [0.2, 0.25) is 0 Å². The average molecular weight is 436 g/mol. The van der Waals surface area contributed by atoms with Gasteiger partial charge >= 0.3 is 0 Å². The number of nitrogens with zero attached hydrogens (tertiary/aromatic N) is 2. The van der Waals surface area contributed by atoms with Crippen molar-refractivity contribution in [3.05, 3.63) is 78.4 Å². The third-order valence-corrected chi connectivity index (χ3v) is 6.23. The van der Waals surface area contributed by atoms with E-state index in [9.17, 15) is 8.42 Å². The van der Waals surface area contributed by atoms with Gasteiger partial charge < -0.3 is 14.8 Å². The summed E-state index contributed by atoms with van der Waals surface area (Å²) in [6.07, 6.45) is 0. The molecule has 0 atom stereocenters. The van der Waals surface area contributed by atoms with Gasteiger partial charge in [-0.1, -0.05) is 42.5 Å². The van der Waals surface area contributed by atoms with Gasteiger partial charge in [0.05, 0.1) is 31.0 Å². The van der Waals surface area contributed by atoms with Crippen molar-refractivity contribution in [2.75, 3.05) is 19.5 Å². The van der Waals surface area contributed by atoms with E-state index >= 15 is 0 Å². The number of hydrogen-bond donors (Lipinski definition) is 1. The van der Waals surface area contributed by atoms with Gasteiger partial charge in [0.15, 0.2) is 10.8 Å². The van der Waals surface area contributed by atoms with E-state index in [0.29, 0.717) is 33.8 Å². The van der Waals surface area contributed by atoms with Gasteiger partial charge in [0.25, 0.3) is 0 Å². The fraction of sp³-hybridized carbons (Fsp3) is 0.130. The van der Waals surface area contributed by atoms with Crippen molar-refractivity contribution < 1.29 is 17.9 Å². The number of rotatable bonds is 7. The molecule has 3 aromatic carbocycles. The van der Waals surface area contributed by atoms with Crippen LogP contribution in [0.25, 0.3) is 11.0 Å². The molecule has 1 heterocycles. The summed E-state index contributed by atoms with van der Waals surface area (Å²) in [6, 6.07) is 21.3. The van der Waals surface area contributed by atoms with Gasteiger partial charge in [-0.05, 0) is 17.7 Å². The molecule has 0 bridgehead atoms. The summed E-state index contributed by atoms with van der Waals surface area (Å²) in [5.41, 5.74) is 2.32. The second-order valence-corrected chi connectivity index (χ2v) is 8.74. The first-order valence-corrected chi connectivity index (χ1v) is 11.2. The number of ether oxygens (including phenoxy) is 2. The summed E-state index contributed by atoms with van der Waals surface area (Å²) in [5.74, 6) is 1.08. The SMILES string of the molecule is COc1cc(Nc2nc3ccccc3nc2S(=O)(=O)Cc2ccccc2)cc(OC)c1. The lowest BCUT2D eigenvalue weighted by Gasteiger charge is -2.14. The van der Waals surface area contributed by atoms with Crippen LogP contribution in [0, 0.1) is 0 Å². The standard InChI is InChI=1S/C23H21N3O4S/c1-29-18-12-17(13-19(14-18)30-2)24-22-23(26-21-11-7-6-10-20(21)25-22)31(27,28)15-16-8-4-3-5-9-16/h3-14H,15H2,1-2H3,(H,24,25). The molecular weight excluding hydrogens is 414 g/mol. The molecule has 4 aromatic rings. The molecule has 1 aromatic heterocycles. The minimum Gasteiger partial charge on any atom is -0.497 e. The molecule has 158 valence electrons. The number of aromatic nitrogens is 2. The third-order valence-electron chi connectivity index (χ3n) is 4.65. The first kappa shape index (κ1) is 20.6. The third kappa shape index (κ3) is 4.59. The van der Waals surface area contributed by atoms with Crippen LogP contribution in [0.15, 0.2) is 77.8 Å². The number of nitrogens with one attached hydrogen (secondary N) is 1. The summed E-state index contributed by atoms with van der Waals surface area (Å²) in [4.78, 5) is 9.00. The first-order valence-electron chi connectivity index (χ1n) is 9.52. The lowest BCUT2D eigenvalue weighted by atomic mass is 10.2. The van der Waals surface area contributed by atoms with Crippen molar-refractivity contribution in [2.24, 2.45) is 0 Å². The fourth-order valence-corrected chi connectivity index (χ4v) is 4.56. The second kappa shape index (κ2) is 8.61. The molecule has 0 unspecified atom stereocenters. The zero-order valence-corrected chi connectivity index (χ0v) is 17.9. The second-order valence-electron chi connectivity index (χ2n) is 6.84. The number of para-hydroxylation sites is 2. The first-order chi connectivity index (χ1) is 15.0. The topological polar surface area (TPSA) is 90.4 Å². The molecule has 0 radical (unpaired) electrons. The maximum absolute atomic E-state index is 13.3. The molecule has 0 aliphatic carbocycles. The van der Waals surface area contributed by atoms with Crippen LogP contribution in [-0.2, 0) is 15.6 Å². The number of anilines is 2. The van der Waals surface area contributed by atoms with Crippen LogP contribution in [0.3, 0.4) is 0 Å². The van der Waals surface area contributed by atoms with Crippen molar-refractivity contribution in [1.82, 2.24) is 9.97 Å². The van der Waals surface area contributed by atoms with Crippen LogP contribution in [0.1, 0.15) is 5.56 Å². The summed E-state index contributed by atoms with van der Waals surface area (Å²) in [7, 11) is -0.694. The quantitative estimate of drug-likeness (QED) is 0.461. The van der Waals surface area contributed by atoms with E-state index < -0.39 is 9.84 Å². The highest BCUT2D eigenvalue weighted by atomic mass is 32.2. The zero-order chi connectivity index (χ0) is 21.8. The van der Waals surface area contributed by atoms with Crippen LogP contribution in [0.5, 0.6) is 11.5 Å². The number of benzene rings is 3. The molecule has 0 spiro atoms. The van der Waals surface area contributed by atoms with Gasteiger partial charge in [-0.15, -0.1) is 0 Å². The van der Waals surface area contributed by atoms with Gasteiger partial charge in [0.2, 0.25) is 9.84 Å². The van der Waals surface area contributed by atoms with E-state index in [2.05, 4.69) is 15.3 Å². The average Bonchev–Trinajstić information content (AvgIpc) is 2.78. The molecule has 0 fully saturated rings. The molecule has 0 aliphatic heterocycles. The normalized spacial score (nSPS) is 11.3. The number of methoxy groups -OCH3 is 2. The van der Waals surface area contributed by atoms with Crippen molar-refractivity contribution in [3.8, 4) is 11.5 Å². The lowest BCUT2D eigenvalue weighted by Crippen LogP contribution is -2.12. The van der Waals surface area contributed by atoms with E-state index in [1.165, 1.54) is 0 Å². The van der Waals surface area contributed by atoms with E-state index in [4.69, 9.17) is 9.47 Å². The van der Waals surface area contributed by atoms with Gasteiger partial charge in [-0.2, -0.15) is 0 Å². The van der Waals surface area contributed by atoms with Gasteiger partial charge in [0.1, 0.15) is 11.5 Å². The Bertz CT molecular complexity index is 1300. The van der Waals surface area contributed by atoms with Crippen molar-refractivity contribution >= 4 is 32.4 Å². The molecule has 4 rings (SSSR count). The van der Waals surface area contributed by atoms with Gasteiger partial charge in [-0.25, -0.2) is 18.4 Å². The molecule has 8 heteroatoms. The predicted octanol–water partition coefficient (Wildman–Crippen LogP) is 4.36. The Kier molecular flexibility index (Phi) is 5.73. The van der Waals surface area contributed by atoms with Crippen molar-refractivity contribution in [3.63, 3.8) is 0 Å². The molecular formula is C23H21N3O4S. The minimum absolute atomic E-state index is 0.114. The number of hydrogen-bond acceptors (Lipinski definition) is 7. The van der Waals surface area contributed by atoms with Crippen LogP contribution in [-0.4, -0.2) is 32.6 Å². The molecule has 0 aliphatic rings. The monoisotopic (exact) mass is 435 g/mol. The summed E-state index contributed by atoms with van der Waals surface area (Å²) < 4.78 is 37.2. The highest BCUT2D eigenvalue weighted by Crippen LogP contribution is 2.31. The summed E-state index contributed by atoms with van der Waals surface area (Å²) in [6.45, 7) is 0. The molecule has 0 saturated heterocycles. The Morgan fingerprint density at radius 3 is 2.00 bits per heavy atom. The predicted molar refractivity (Wildman–Crippen MR) is 120 cm³/mol. The van der Waals surface area contributed by atoms with E-state index in [1.54, 1.807) is 74.9 Å². The Balaban J connectivity index is 1.82. The van der Waals surface area contributed by atoms with Crippen LogP contribution in [0.4, 0.5) is 11.5 Å². The number of sulfone groups is 1. The largest absolute Gasteiger partial charge is 0.497 e. The van der Waals surface area contributed by atoms with Gasteiger partial charge in [-0.3, -0.25) is 0 Å². The Labute approximate surface area is 180 Å². The van der Waals surface area contributed by atoms with Crippen LogP contribution >= 0.6 is 0 Å².